The van der Waals surface area contributed by atoms with Gasteiger partial charge in [0.15, 0.2) is 0 Å². The largest absolute Gasteiger partial charge is 0.298 e. The normalized spacial score (nSPS) is 23.7. The average molecular weight is 215 g/mol. The summed E-state index contributed by atoms with van der Waals surface area (Å²) in [6.45, 7) is 7.19. The van der Waals surface area contributed by atoms with Crippen molar-refractivity contribution < 1.29 is 4.79 Å². The van der Waals surface area contributed by atoms with Gasteiger partial charge in [-0.15, -0.1) is 0 Å². The van der Waals surface area contributed by atoms with E-state index < -0.39 is 0 Å². The predicted octanol–water partition coefficient (Wildman–Crippen LogP) is 2.18. The molecule has 0 saturated carbocycles. The van der Waals surface area contributed by atoms with Crippen LogP contribution in [0.5, 0.6) is 0 Å². The van der Waals surface area contributed by atoms with Gasteiger partial charge in [-0.25, -0.2) is 0 Å². The lowest BCUT2D eigenvalue weighted by Gasteiger charge is -2.31. The molecule has 1 fully saturated rings. The molecular weight excluding hydrogens is 194 g/mol. The van der Waals surface area contributed by atoms with Crippen molar-refractivity contribution in [2.24, 2.45) is 0 Å². The zero-order chi connectivity index (χ0) is 10.4. The Kier molecular flexibility index (Phi) is 5.56. The Balaban J connectivity index is 2.26. The Hall–Kier alpha value is -0.0200. The molecule has 0 aliphatic carbocycles. The third kappa shape index (κ3) is 4.01. The van der Waals surface area contributed by atoms with Crippen molar-refractivity contribution in [1.82, 2.24) is 4.90 Å². The second-order valence-electron chi connectivity index (χ2n) is 3.92. The van der Waals surface area contributed by atoms with Crippen molar-refractivity contribution in [3.05, 3.63) is 0 Å². The molecular formula is C11H21NOS. The Labute approximate surface area is 91.4 Å². The van der Waals surface area contributed by atoms with Crippen molar-refractivity contribution in [1.29, 1.82) is 0 Å². The summed E-state index contributed by atoms with van der Waals surface area (Å²) in [6, 6.07) is 0. The fraction of sp³-hybridized carbons (Fsp3) is 0.909. The third-order valence-corrected chi connectivity index (χ3v) is 3.98. The molecule has 2 nitrogen and oxygen atoms in total. The van der Waals surface area contributed by atoms with Crippen LogP contribution >= 0.6 is 11.8 Å². The van der Waals surface area contributed by atoms with E-state index in [9.17, 15) is 4.79 Å². The van der Waals surface area contributed by atoms with E-state index in [4.69, 9.17) is 0 Å². The fourth-order valence-electron chi connectivity index (χ4n) is 1.78. The zero-order valence-electron chi connectivity index (χ0n) is 9.29. The number of rotatable bonds is 5. The first-order chi connectivity index (χ1) is 6.76. The van der Waals surface area contributed by atoms with Gasteiger partial charge in [0.2, 0.25) is 0 Å². The van der Waals surface area contributed by atoms with Gasteiger partial charge in [-0.1, -0.05) is 13.8 Å². The van der Waals surface area contributed by atoms with Crippen molar-refractivity contribution in [3.8, 4) is 0 Å². The molecule has 1 unspecified atom stereocenters. The molecule has 0 aromatic carbocycles. The van der Waals surface area contributed by atoms with Gasteiger partial charge >= 0.3 is 0 Å². The third-order valence-electron chi connectivity index (χ3n) is 2.61. The van der Waals surface area contributed by atoms with Crippen LogP contribution in [0.25, 0.3) is 0 Å². The molecule has 1 heterocycles. The number of nitrogens with zero attached hydrogens (tertiary/aromatic N) is 1. The van der Waals surface area contributed by atoms with E-state index in [-0.39, 0.29) is 0 Å². The first-order valence-corrected chi connectivity index (χ1v) is 6.66. The molecule has 82 valence electrons. The van der Waals surface area contributed by atoms with Crippen molar-refractivity contribution in [3.63, 3.8) is 0 Å². The highest BCUT2D eigenvalue weighted by Crippen LogP contribution is 2.20. The summed E-state index contributed by atoms with van der Waals surface area (Å²) in [7, 11) is 0. The highest BCUT2D eigenvalue weighted by Gasteiger charge is 2.20. The molecule has 14 heavy (non-hydrogen) atoms. The Morgan fingerprint density at radius 3 is 2.93 bits per heavy atom. The molecule has 0 N–H and O–H groups in total. The van der Waals surface area contributed by atoms with Crippen molar-refractivity contribution in [2.45, 2.75) is 38.4 Å². The highest BCUT2D eigenvalue weighted by atomic mass is 32.2. The maximum atomic E-state index is 11.5. The standard InChI is InChI=1S/C11H21NOS/c1-3-5-10(13)8-12-6-7-14-11(4-2)9-12/h11H,3-9H2,1-2H3. The van der Waals surface area contributed by atoms with Crippen LogP contribution in [-0.4, -0.2) is 41.3 Å². The molecule has 1 saturated heterocycles. The Morgan fingerprint density at radius 2 is 2.29 bits per heavy atom. The van der Waals surface area contributed by atoms with Crippen LogP contribution in [-0.2, 0) is 4.79 Å². The molecule has 0 aromatic rings. The van der Waals surface area contributed by atoms with Crippen LogP contribution in [0.4, 0.5) is 0 Å². The van der Waals surface area contributed by atoms with Gasteiger partial charge < -0.3 is 0 Å². The van der Waals surface area contributed by atoms with Crippen LogP contribution in [0.15, 0.2) is 0 Å². The Bertz CT molecular complexity index is 184. The summed E-state index contributed by atoms with van der Waals surface area (Å²) >= 11 is 2.05. The zero-order valence-corrected chi connectivity index (χ0v) is 10.1. The molecule has 0 aromatic heterocycles. The molecule has 1 aliphatic heterocycles. The van der Waals surface area contributed by atoms with Crippen LogP contribution in [0, 0.1) is 0 Å². The average Bonchev–Trinajstić information content (AvgIpc) is 2.18. The minimum absolute atomic E-state index is 0.411. The van der Waals surface area contributed by atoms with Gasteiger partial charge in [-0.2, -0.15) is 11.8 Å². The van der Waals surface area contributed by atoms with Crippen LogP contribution < -0.4 is 0 Å². The van der Waals surface area contributed by atoms with Crippen LogP contribution in [0.3, 0.4) is 0 Å². The summed E-state index contributed by atoms with van der Waals surface area (Å²) < 4.78 is 0. The molecule has 0 amide bonds. The SMILES string of the molecule is CCCC(=O)CN1CCSC(CC)C1. The van der Waals surface area contributed by atoms with E-state index in [0.717, 1.165) is 31.2 Å². The first kappa shape index (κ1) is 12.1. The predicted molar refractivity (Wildman–Crippen MR) is 62.9 cm³/mol. The van der Waals surface area contributed by atoms with E-state index in [2.05, 4.69) is 30.5 Å². The van der Waals surface area contributed by atoms with E-state index in [1.807, 2.05) is 0 Å². The van der Waals surface area contributed by atoms with Gasteiger partial charge in [0, 0.05) is 30.5 Å². The van der Waals surface area contributed by atoms with E-state index in [0.29, 0.717) is 12.3 Å². The molecule has 0 bridgehead atoms. The Morgan fingerprint density at radius 1 is 1.50 bits per heavy atom. The number of thioether (sulfide) groups is 1. The monoisotopic (exact) mass is 215 g/mol. The van der Waals surface area contributed by atoms with E-state index >= 15 is 0 Å². The van der Waals surface area contributed by atoms with Crippen LogP contribution in [0.2, 0.25) is 0 Å². The molecule has 3 heteroatoms. The number of ketones is 1. The van der Waals surface area contributed by atoms with E-state index in [1.54, 1.807) is 0 Å². The smallest absolute Gasteiger partial charge is 0.146 e. The summed E-state index contributed by atoms with van der Waals surface area (Å²) in [5.41, 5.74) is 0. The lowest BCUT2D eigenvalue weighted by atomic mass is 10.2. The van der Waals surface area contributed by atoms with Crippen molar-refractivity contribution >= 4 is 17.5 Å². The maximum absolute atomic E-state index is 11.5. The molecule has 1 aliphatic rings. The number of hydrogen-bond acceptors (Lipinski definition) is 3. The fourth-order valence-corrected chi connectivity index (χ4v) is 3.03. The minimum Gasteiger partial charge on any atom is -0.298 e. The van der Waals surface area contributed by atoms with Gasteiger partial charge in [-0.3, -0.25) is 9.69 Å². The maximum Gasteiger partial charge on any atom is 0.146 e. The van der Waals surface area contributed by atoms with E-state index in [1.165, 1.54) is 12.2 Å². The molecule has 1 atom stereocenters. The number of hydrogen-bond donors (Lipinski definition) is 0. The topological polar surface area (TPSA) is 20.3 Å². The summed E-state index contributed by atoms with van der Waals surface area (Å²) in [5.74, 6) is 1.60. The number of Topliss-reactive ketones (excluding diaryl/α,β-unsaturated/α-hetero) is 1. The number of carbonyl (C=O) groups is 1. The molecule has 0 spiro atoms. The highest BCUT2D eigenvalue weighted by molar-refractivity contribution is 8.00. The van der Waals surface area contributed by atoms with Gasteiger partial charge in [0.25, 0.3) is 0 Å². The summed E-state index contributed by atoms with van der Waals surface area (Å²) in [5, 5.41) is 0.748. The summed E-state index contributed by atoms with van der Waals surface area (Å²) in [6.07, 6.45) is 2.96. The number of carbonyl (C=O) groups excluding carboxylic acids is 1. The lowest BCUT2D eigenvalue weighted by molar-refractivity contribution is -0.120. The van der Waals surface area contributed by atoms with Crippen LogP contribution in [0.1, 0.15) is 33.1 Å². The van der Waals surface area contributed by atoms with Gasteiger partial charge in [-0.05, 0) is 12.8 Å². The summed E-state index contributed by atoms with van der Waals surface area (Å²) in [4.78, 5) is 13.8. The van der Waals surface area contributed by atoms with Gasteiger partial charge in [0.1, 0.15) is 5.78 Å². The second-order valence-corrected chi connectivity index (χ2v) is 5.33. The van der Waals surface area contributed by atoms with Gasteiger partial charge in [0.05, 0.1) is 6.54 Å². The first-order valence-electron chi connectivity index (χ1n) is 5.62. The second kappa shape index (κ2) is 6.46. The molecule has 1 rings (SSSR count). The minimum atomic E-state index is 0.411. The lowest BCUT2D eigenvalue weighted by Crippen LogP contribution is -2.40. The quantitative estimate of drug-likeness (QED) is 0.701. The molecule has 0 radical (unpaired) electrons. The van der Waals surface area contributed by atoms with Crippen molar-refractivity contribution in [2.75, 3.05) is 25.4 Å².